The van der Waals surface area contributed by atoms with Gasteiger partial charge in [-0.05, 0) is 42.3 Å². The average molecular weight is 332 g/mol. The number of nitrogens with zero attached hydrogens (tertiary/aromatic N) is 1. The summed E-state index contributed by atoms with van der Waals surface area (Å²) in [5.41, 5.74) is 2.81. The number of fused-ring (bicyclic) bond motifs is 1. The molecular formula is C16H14ClN3OS. The third kappa shape index (κ3) is 3.21. The SMILES string of the molecule is CCc1cccc2sc(NC(=O)Nc3ccc(Cl)cc3)nc12. The largest absolute Gasteiger partial charge is 0.325 e. The molecule has 0 saturated carbocycles. The minimum absolute atomic E-state index is 0.320. The van der Waals surface area contributed by atoms with Crippen LogP contribution >= 0.6 is 22.9 Å². The van der Waals surface area contributed by atoms with Crippen molar-refractivity contribution in [3.63, 3.8) is 0 Å². The molecule has 6 heteroatoms. The van der Waals surface area contributed by atoms with Crippen LogP contribution in [0.25, 0.3) is 10.2 Å². The lowest BCUT2D eigenvalue weighted by Crippen LogP contribution is -2.19. The molecule has 0 atom stereocenters. The Morgan fingerprint density at radius 2 is 1.95 bits per heavy atom. The Balaban J connectivity index is 1.75. The van der Waals surface area contributed by atoms with Crippen molar-refractivity contribution < 1.29 is 4.79 Å². The Hall–Kier alpha value is -2.11. The second-order valence-corrected chi connectivity index (χ2v) is 6.19. The summed E-state index contributed by atoms with van der Waals surface area (Å²) < 4.78 is 1.07. The summed E-state index contributed by atoms with van der Waals surface area (Å²) in [6.45, 7) is 2.09. The number of urea groups is 1. The van der Waals surface area contributed by atoms with Crippen molar-refractivity contribution in [1.82, 2.24) is 4.98 Å². The number of aromatic nitrogens is 1. The maximum Gasteiger partial charge on any atom is 0.325 e. The Labute approximate surface area is 137 Å². The molecular weight excluding hydrogens is 318 g/mol. The van der Waals surface area contributed by atoms with Gasteiger partial charge in [-0.15, -0.1) is 0 Å². The predicted molar refractivity (Wildman–Crippen MR) is 93.1 cm³/mol. The number of hydrogen-bond acceptors (Lipinski definition) is 3. The van der Waals surface area contributed by atoms with Crippen molar-refractivity contribution in [2.75, 3.05) is 10.6 Å². The fraction of sp³-hybridized carbons (Fsp3) is 0.125. The first-order chi connectivity index (χ1) is 10.7. The van der Waals surface area contributed by atoms with Crippen LogP contribution < -0.4 is 10.6 Å². The van der Waals surface area contributed by atoms with Gasteiger partial charge in [-0.1, -0.05) is 42.0 Å². The smallest absolute Gasteiger partial charge is 0.308 e. The fourth-order valence-electron chi connectivity index (χ4n) is 2.14. The van der Waals surface area contributed by atoms with Crippen molar-refractivity contribution >= 4 is 50.0 Å². The molecule has 2 aromatic carbocycles. The lowest BCUT2D eigenvalue weighted by atomic mass is 10.1. The minimum Gasteiger partial charge on any atom is -0.308 e. The highest BCUT2D eigenvalue weighted by Crippen LogP contribution is 2.28. The van der Waals surface area contributed by atoms with Crippen LogP contribution in [0, 0.1) is 0 Å². The van der Waals surface area contributed by atoms with E-state index in [1.165, 1.54) is 16.9 Å². The van der Waals surface area contributed by atoms with Crippen molar-refractivity contribution in [2.45, 2.75) is 13.3 Å². The standard InChI is InChI=1S/C16H14ClN3OS/c1-2-10-4-3-5-13-14(10)19-16(22-13)20-15(21)18-12-8-6-11(17)7-9-12/h3-9H,2H2,1H3,(H2,18,19,20,21). The number of anilines is 2. The molecule has 0 aliphatic rings. The van der Waals surface area contributed by atoms with E-state index in [-0.39, 0.29) is 6.03 Å². The van der Waals surface area contributed by atoms with E-state index in [9.17, 15) is 4.79 Å². The van der Waals surface area contributed by atoms with E-state index in [0.717, 1.165) is 16.6 Å². The van der Waals surface area contributed by atoms with Gasteiger partial charge in [0.25, 0.3) is 0 Å². The normalized spacial score (nSPS) is 10.6. The molecule has 1 aromatic heterocycles. The predicted octanol–water partition coefficient (Wildman–Crippen LogP) is 5.16. The van der Waals surface area contributed by atoms with Gasteiger partial charge in [-0.3, -0.25) is 5.32 Å². The first-order valence-electron chi connectivity index (χ1n) is 6.87. The number of thiazole rings is 1. The lowest BCUT2D eigenvalue weighted by Gasteiger charge is -2.05. The van der Waals surface area contributed by atoms with Crippen LogP contribution in [-0.4, -0.2) is 11.0 Å². The molecule has 0 spiro atoms. The van der Waals surface area contributed by atoms with Gasteiger partial charge in [0.05, 0.1) is 10.2 Å². The zero-order valence-electron chi connectivity index (χ0n) is 11.9. The molecule has 2 amide bonds. The monoisotopic (exact) mass is 331 g/mol. The summed E-state index contributed by atoms with van der Waals surface area (Å²) >= 11 is 7.28. The molecule has 1 heterocycles. The zero-order valence-corrected chi connectivity index (χ0v) is 13.5. The lowest BCUT2D eigenvalue weighted by molar-refractivity contribution is 0.262. The molecule has 112 valence electrons. The second-order valence-electron chi connectivity index (χ2n) is 4.72. The zero-order chi connectivity index (χ0) is 15.5. The summed E-state index contributed by atoms with van der Waals surface area (Å²) in [6, 6.07) is 12.7. The van der Waals surface area contributed by atoms with Crippen molar-refractivity contribution in [3.05, 3.63) is 53.1 Å². The Kier molecular flexibility index (Phi) is 4.27. The molecule has 0 unspecified atom stereocenters. The average Bonchev–Trinajstić information content (AvgIpc) is 2.91. The van der Waals surface area contributed by atoms with Gasteiger partial charge in [0.2, 0.25) is 0 Å². The van der Waals surface area contributed by atoms with Crippen LogP contribution in [0.15, 0.2) is 42.5 Å². The van der Waals surface area contributed by atoms with E-state index in [1.54, 1.807) is 24.3 Å². The molecule has 0 aliphatic heterocycles. The number of rotatable bonds is 3. The summed E-state index contributed by atoms with van der Waals surface area (Å²) in [6.07, 6.45) is 0.914. The first kappa shape index (κ1) is 14.8. The van der Waals surface area contributed by atoms with Crippen molar-refractivity contribution in [2.24, 2.45) is 0 Å². The third-order valence-corrected chi connectivity index (χ3v) is 4.39. The number of aryl methyl sites for hydroxylation is 1. The molecule has 4 nitrogen and oxygen atoms in total. The van der Waals surface area contributed by atoms with Crippen molar-refractivity contribution in [1.29, 1.82) is 0 Å². The molecule has 0 saturated heterocycles. The highest BCUT2D eigenvalue weighted by molar-refractivity contribution is 7.22. The van der Waals surface area contributed by atoms with Gasteiger partial charge in [0.1, 0.15) is 0 Å². The second kappa shape index (κ2) is 6.34. The van der Waals surface area contributed by atoms with Gasteiger partial charge in [0, 0.05) is 10.7 Å². The quantitative estimate of drug-likeness (QED) is 0.696. The van der Waals surface area contributed by atoms with E-state index in [4.69, 9.17) is 11.6 Å². The van der Waals surface area contributed by atoms with Crippen LogP contribution in [0.1, 0.15) is 12.5 Å². The van der Waals surface area contributed by atoms with Crippen LogP contribution in [0.2, 0.25) is 5.02 Å². The van der Waals surface area contributed by atoms with Crippen LogP contribution in [-0.2, 0) is 6.42 Å². The number of amides is 2. The van der Waals surface area contributed by atoms with E-state index in [0.29, 0.717) is 15.8 Å². The Bertz CT molecular complexity index is 814. The molecule has 3 aromatic rings. The Morgan fingerprint density at radius 1 is 1.18 bits per heavy atom. The van der Waals surface area contributed by atoms with Gasteiger partial charge in [0.15, 0.2) is 5.13 Å². The van der Waals surface area contributed by atoms with Crippen LogP contribution in [0.3, 0.4) is 0 Å². The molecule has 0 bridgehead atoms. The summed E-state index contributed by atoms with van der Waals surface area (Å²) in [4.78, 5) is 16.5. The molecule has 0 aliphatic carbocycles. The summed E-state index contributed by atoms with van der Waals surface area (Å²) in [7, 11) is 0. The fourth-order valence-corrected chi connectivity index (χ4v) is 3.17. The van der Waals surface area contributed by atoms with E-state index < -0.39 is 0 Å². The number of para-hydroxylation sites is 1. The van der Waals surface area contributed by atoms with Gasteiger partial charge in [-0.25, -0.2) is 9.78 Å². The van der Waals surface area contributed by atoms with E-state index >= 15 is 0 Å². The summed E-state index contributed by atoms with van der Waals surface area (Å²) in [5.74, 6) is 0. The summed E-state index contributed by atoms with van der Waals surface area (Å²) in [5, 5.41) is 6.73. The molecule has 0 fully saturated rings. The maximum absolute atomic E-state index is 12.0. The molecule has 3 rings (SSSR count). The Morgan fingerprint density at radius 3 is 2.68 bits per heavy atom. The van der Waals surface area contributed by atoms with Crippen LogP contribution in [0.5, 0.6) is 0 Å². The van der Waals surface area contributed by atoms with Gasteiger partial charge in [-0.2, -0.15) is 0 Å². The van der Waals surface area contributed by atoms with Crippen molar-refractivity contribution in [3.8, 4) is 0 Å². The molecule has 2 N–H and O–H groups in total. The van der Waals surface area contributed by atoms with Gasteiger partial charge >= 0.3 is 6.03 Å². The first-order valence-corrected chi connectivity index (χ1v) is 8.07. The number of halogens is 1. The number of carbonyl (C=O) groups is 1. The number of hydrogen-bond donors (Lipinski definition) is 2. The van der Waals surface area contributed by atoms with Gasteiger partial charge < -0.3 is 5.32 Å². The van der Waals surface area contributed by atoms with E-state index in [2.05, 4.69) is 28.6 Å². The topological polar surface area (TPSA) is 54.0 Å². The maximum atomic E-state index is 12.0. The highest BCUT2D eigenvalue weighted by atomic mass is 35.5. The minimum atomic E-state index is -0.320. The van der Waals surface area contributed by atoms with Crippen LogP contribution in [0.4, 0.5) is 15.6 Å². The molecule has 22 heavy (non-hydrogen) atoms. The third-order valence-electron chi connectivity index (χ3n) is 3.21. The highest BCUT2D eigenvalue weighted by Gasteiger charge is 2.10. The number of nitrogens with one attached hydrogen (secondary N) is 2. The van der Waals surface area contributed by atoms with E-state index in [1.807, 2.05) is 12.1 Å². The number of carbonyl (C=O) groups excluding carboxylic acids is 1. The number of benzene rings is 2. The molecule has 0 radical (unpaired) electrons.